The Labute approximate surface area is 380 Å². The second-order valence-electron chi connectivity index (χ2n) is 19.8. The van der Waals surface area contributed by atoms with Crippen molar-refractivity contribution in [3.63, 3.8) is 0 Å². The van der Waals surface area contributed by atoms with E-state index in [0.717, 1.165) is 69.6 Å². The van der Waals surface area contributed by atoms with E-state index >= 15 is 0 Å². The zero-order chi connectivity index (χ0) is 44.7. The van der Waals surface area contributed by atoms with Crippen LogP contribution in [0.15, 0.2) is 0 Å². The summed E-state index contributed by atoms with van der Waals surface area (Å²) in [5.41, 5.74) is 0. The molecule has 0 saturated carbocycles. The van der Waals surface area contributed by atoms with Crippen molar-refractivity contribution in [3.05, 3.63) is 0 Å². The van der Waals surface area contributed by atoms with Crippen LogP contribution in [-0.4, -0.2) is 37.2 Å². The van der Waals surface area contributed by atoms with Gasteiger partial charge < -0.3 is 14.2 Å². The van der Waals surface area contributed by atoms with E-state index in [4.69, 9.17) is 14.2 Å². The molecule has 0 unspecified atom stereocenters. The third-order valence-electron chi connectivity index (χ3n) is 12.5. The highest BCUT2D eigenvalue weighted by molar-refractivity contribution is 5.71. The molecule has 61 heavy (non-hydrogen) atoms. The van der Waals surface area contributed by atoms with E-state index in [1.165, 1.54) is 193 Å². The lowest BCUT2D eigenvalue weighted by Gasteiger charge is -2.18. The highest BCUT2D eigenvalue weighted by Crippen LogP contribution is 2.18. The molecule has 0 bridgehead atoms. The molecule has 0 spiro atoms. The lowest BCUT2D eigenvalue weighted by atomic mass is 10.0. The highest BCUT2D eigenvalue weighted by Gasteiger charge is 2.19. The average molecular weight is 863 g/mol. The molecular formula is C55H106O6. The molecule has 0 N–H and O–H groups in total. The highest BCUT2D eigenvalue weighted by atomic mass is 16.6. The number of carbonyl (C=O) groups excluding carboxylic acids is 3. The van der Waals surface area contributed by atoms with Gasteiger partial charge in [0, 0.05) is 19.3 Å². The topological polar surface area (TPSA) is 78.9 Å². The van der Waals surface area contributed by atoms with E-state index in [9.17, 15) is 14.4 Å². The quantitative estimate of drug-likeness (QED) is 0.0344. The predicted molar refractivity (Wildman–Crippen MR) is 261 cm³/mol. The number of ether oxygens (including phenoxy) is 3. The Balaban J connectivity index is 4.24. The largest absolute Gasteiger partial charge is 0.462 e. The molecule has 0 heterocycles. The number of rotatable bonds is 49. The van der Waals surface area contributed by atoms with Gasteiger partial charge in [0.2, 0.25) is 0 Å². The fourth-order valence-corrected chi connectivity index (χ4v) is 8.34. The number of hydrogen-bond donors (Lipinski definition) is 0. The van der Waals surface area contributed by atoms with Crippen LogP contribution in [0.25, 0.3) is 0 Å². The van der Waals surface area contributed by atoms with Gasteiger partial charge in [-0.2, -0.15) is 0 Å². The first-order chi connectivity index (χ1) is 29.7. The Bertz CT molecular complexity index is 931. The second-order valence-corrected chi connectivity index (χ2v) is 19.8. The molecule has 0 aromatic carbocycles. The van der Waals surface area contributed by atoms with Crippen molar-refractivity contribution in [1.82, 2.24) is 0 Å². The fourth-order valence-electron chi connectivity index (χ4n) is 8.34. The first-order valence-electron chi connectivity index (χ1n) is 27.2. The molecule has 1 atom stereocenters. The molecule has 0 aromatic heterocycles. The summed E-state index contributed by atoms with van der Waals surface area (Å²) in [6, 6.07) is 0. The van der Waals surface area contributed by atoms with E-state index in [-0.39, 0.29) is 31.1 Å². The zero-order valence-electron chi connectivity index (χ0n) is 41.8. The monoisotopic (exact) mass is 863 g/mol. The molecule has 6 heteroatoms. The molecule has 0 aliphatic rings. The van der Waals surface area contributed by atoms with Crippen LogP contribution in [0.2, 0.25) is 0 Å². The van der Waals surface area contributed by atoms with E-state index in [1.807, 2.05) is 0 Å². The number of unbranched alkanes of at least 4 members (excludes halogenated alkanes) is 34. The van der Waals surface area contributed by atoms with Crippen LogP contribution in [0, 0.1) is 11.8 Å². The summed E-state index contributed by atoms with van der Waals surface area (Å²) in [4.78, 5) is 38.0. The Hall–Kier alpha value is -1.59. The summed E-state index contributed by atoms with van der Waals surface area (Å²) in [6.45, 7) is 11.3. The van der Waals surface area contributed by atoms with Gasteiger partial charge in [-0.15, -0.1) is 0 Å². The van der Waals surface area contributed by atoms with E-state index in [2.05, 4.69) is 34.6 Å². The summed E-state index contributed by atoms with van der Waals surface area (Å²) in [5.74, 6) is 0.775. The molecule has 0 fully saturated rings. The Morgan fingerprint density at radius 2 is 0.541 bits per heavy atom. The molecular weight excluding hydrogens is 757 g/mol. The maximum Gasteiger partial charge on any atom is 0.306 e. The van der Waals surface area contributed by atoms with Gasteiger partial charge in [-0.1, -0.05) is 266 Å². The third-order valence-corrected chi connectivity index (χ3v) is 12.5. The minimum atomic E-state index is -0.762. The molecule has 0 amide bonds. The Morgan fingerprint density at radius 1 is 0.311 bits per heavy atom. The molecule has 6 nitrogen and oxygen atoms in total. The lowest BCUT2D eigenvalue weighted by molar-refractivity contribution is -0.167. The van der Waals surface area contributed by atoms with Gasteiger partial charge in [0.1, 0.15) is 13.2 Å². The fraction of sp³-hybridized carbons (Fsp3) is 0.945. The predicted octanol–water partition coefficient (Wildman–Crippen LogP) is 17.7. The first-order valence-corrected chi connectivity index (χ1v) is 27.2. The molecule has 362 valence electrons. The third kappa shape index (κ3) is 49.3. The van der Waals surface area contributed by atoms with Crippen LogP contribution in [0.1, 0.15) is 304 Å². The van der Waals surface area contributed by atoms with Gasteiger partial charge in [0.25, 0.3) is 0 Å². The van der Waals surface area contributed by atoms with Gasteiger partial charge in [-0.25, -0.2) is 0 Å². The summed E-state index contributed by atoms with van der Waals surface area (Å²) < 4.78 is 16.8. The lowest BCUT2D eigenvalue weighted by Crippen LogP contribution is -2.30. The Kier molecular flexibility index (Phi) is 46.6. The van der Waals surface area contributed by atoms with Crippen molar-refractivity contribution in [2.45, 2.75) is 310 Å². The van der Waals surface area contributed by atoms with Crippen molar-refractivity contribution in [1.29, 1.82) is 0 Å². The van der Waals surface area contributed by atoms with Crippen molar-refractivity contribution in [3.8, 4) is 0 Å². The van der Waals surface area contributed by atoms with Gasteiger partial charge in [-0.05, 0) is 31.1 Å². The van der Waals surface area contributed by atoms with Gasteiger partial charge >= 0.3 is 17.9 Å². The van der Waals surface area contributed by atoms with E-state index < -0.39 is 6.10 Å². The van der Waals surface area contributed by atoms with Crippen molar-refractivity contribution < 1.29 is 28.6 Å². The molecule has 0 aliphatic heterocycles. The van der Waals surface area contributed by atoms with E-state index in [0.29, 0.717) is 19.3 Å². The van der Waals surface area contributed by atoms with Crippen LogP contribution in [0.4, 0.5) is 0 Å². The smallest absolute Gasteiger partial charge is 0.306 e. The minimum Gasteiger partial charge on any atom is -0.462 e. The maximum atomic E-state index is 12.8. The van der Waals surface area contributed by atoms with Crippen LogP contribution < -0.4 is 0 Å². The van der Waals surface area contributed by atoms with Crippen molar-refractivity contribution in [2.24, 2.45) is 11.8 Å². The number of esters is 3. The van der Waals surface area contributed by atoms with Gasteiger partial charge in [0.05, 0.1) is 0 Å². The van der Waals surface area contributed by atoms with Crippen LogP contribution in [0.5, 0.6) is 0 Å². The first kappa shape index (κ1) is 59.4. The minimum absolute atomic E-state index is 0.0640. The van der Waals surface area contributed by atoms with Crippen LogP contribution >= 0.6 is 0 Å². The summed E-state index contributed by atoms with van der Waals surface area (Å²) >= 11 is 0. The number of hydrogen-bond acceptors (Lipinski definition) is 6. The summed E-state index contributed by atoms with van der Waals surface area (Å²) in [5, 5.41) is 0. The normalized spacial score (nSPS) is 12.0. The molecule has 0 aliphatic carbocycles. The summed E-state index contributed by atoms with van der Waals surface area (Å²) in [7, 11) is 0. The zero-order valence-corrected chi connectivity index (χ0v) is 41.8. The molecule has 0 radical (unpaired) electrons. The standard InChI is InChI=1S/C55H106O6/c1-6-7-8-9-10-11-12-13-14-15-19-22-25-30-35-40-45-53(56)59-48-52(61-55(58)47-42-37-32-27-29-34-39-44-51(4)5)49-60-54(57)46-41-36-31-26-23-20-17-16-18-21-24-28-33-38-43-50(2)3/h50-52H,6-49H2,1-5H3/t52-/m1/s1. The molecule has 0 aromatic rings. The van der Waals surface area contributed by atoms with Gasteiger partial charge in [-0.3, -0.25) is 14.4 Å². The van der Waals surface area contributed by atoms with Crippen molar-refractivity contribution in [2.75, 3.05) is 13.2 Å². The van der Waals surface area contributed by atoms with E-state index in [1.54, 1.807) is 0 Å². The SMILES string of the molecule is CCCCCCCCCCCCCCCCCCC(=O)OC[C@H](COC(=O)CCCCCCCCCCCCCCCCC(C)C)OC(=O)CCCCCCCCCC(C)C. The maximum absolute atomic E-state index is 12.8. The Morgan fingerprint density at radius 3 is 0.803 bits per heavy atom. The van der Waals surface area contributed by atoms with Crippen LogP contribution in [-0.2, 0) is 28.6 Å². The number of carbonyl (C=O) groups is 3. The summed E-state index contributed by atoms with van der Waals surface area (Å²) in [6.07, 6.45) is 49.6. The van der Waals surface area contributed by atoms with Gasteiger partial charge in [0.15, 0.2) is 6.10 Å². The van der Waals surface area contributed by atoms with Crippen molar-refractivity contribution >= 4 is 17.9 Å². The molecule has 0 saturated heterocycles. The van der Waals surface area contributed by atoms with Crippen LogP contribution in [0.3, 0.4) is 0 Å². The average Bonchev–Trinajstić information content (AvgIpc) is 3.23. The second kappa shape index (κ2) is 47.9. The molecule has 0 rings (SSSR count).